The maximum absolute atomic E-state index is 11.9. The molecule has 0 aliphatic carbocycles. The predicted molar refractivity (Wildman–Crippen MR) is 48.2 cm³/mol. The summed E-state index contributed by atoms with van der Waals surface area (Å²) < 4.78 is 39.5. The van der Waals surface area contributed by atoms with Crippen molar-refractivity contribution in [1.82, 2.24) is 4.98 Å². The second-order valence-electron chi connectivity index (χ2n) is 2.55. The van der Waals surface area contributed by atoms with E-state index in [1.54, 1.807) is 0 Å². The lowest BCUT2D eigenvalue weighted by molar-refractivity contribution is -0.274. The molecule has 1 heterocycles. The van der Waals surface area contributed by atoms with Gasteiger partial charge in [-0.05, 0) is 0 Å². The van der Waals surface area contributed by atoms with Gasteiger partial charge >= 0.3 is 6.36 Å². The van der Waals surface area contributed by atoms with Gasteiger partial charge in [0.25, 0.3) is 0 Å². The largest absolute Gasteiger partial charge is 0.573 e. The Bertz CT molecular complexity index is 369. The molecular weight excluding hydrogens is 235 g/mol. The summed E-state index contributed by atoms with van der Waals surface area (Å²) in [6, 6.07) is 0. The molecule has 1 rings (SSSR count). The molecule has 0 aliphatic rings. The second kappa shape index (κ2) is 4.11. The van der Waals surface area contributed by atoms with Crippen LogP contribution >= 0.6 is 11.6 Å². The van der Waals surface area contributed by atoms with Gasteiger partial charge in [0.2, 0.25) is 0 Å². The topological polar surface area (TPSA) is 74.2 Å². The first-order chi connectivity index (χ1) is 6.85. The molecule has 15 heavy (non-hydrogen) atoms. The van der Waals surface area contributed by atoms with Gasteiger partial charge in [-0.2, -0.15) is 0 Å². The van der Waals surface area contributed by atoms with Crippen LogP contribution in [-0.2, 0) is 6.54 Å². The molecule has 0 saturated heterocycles. The molecule has 4 nitrogen and oxygen atoms in total. The smallest absolute Gasteiger partial charge is 0.402 e. The number of nitrogens with zero attached hydrogens (tertiary/aromatic N) is 1. The number of halogens is 4. The fraction of sp³-hybridized carbons (Fsp3) is 0.286. The zero-order valence-corrected chi connectivity index (χ0v) is 8.06. The van der Waals surface area contributed by atoms with E-state index in [1.165, 1.54) is 0 Å². The first-order valence-electron chi connectivity index (χ1n) is 3.74. The summed E-state index contributed by atoms with van der Waals surface area (Å²) >= 11 is 5.46. The summed E-state index contributed by atoms with van der Waals surface area (Å²) in [7, 11) is 0. The van der Waals surface area contributed by atoms with E-state index in [1.807, 2.05) is 0 Å². The van der Waals surface area contributed by atoms with Crippen molar-refractivity contribution in [3.05, 3.63) is 16.9 Å². The lowest BCUT2D eigenvalue weighted by atomic mass is 10.3. The molecule has 1 aromatic rings. The van der Waals surface area contributed by atoms with Crippen LogP contribution in [0.25, 0.3) is 0 Å². The first-order valence-corrected chi connectivity index (χ1v) is 4.11. The highest BCUT2D eigenvalue weighted by Gasteiger charge is 2.33. The Morgan fingerprint density at radius 1 is 1.47 bits per heavy atom. The predicted octanol–water partition coefficient (Wildman–Crippen LogP) is 1.67. The number of hydrogen-bond acceptors (Lipinski definition) is 4. The fourth-order valence-corrected chi connectivity index (χ4v) is 1.09. The molecule has 8 heteroatoms. The molecule has 0 atom stereocenters. The Labute approximate surface area is 88.0 Å². The van der Waals surface area contributed by atoms with Gasteiger partial charge in [0, 0.05) is 12.7 Å². The lowest BCUT2D eigenvalue weighted by Gasteiger charge is -2.13. The number of hydrogen-bond donors (Lipinski definition) is 2. The van der Waals surface area contributed by atoms with Crippen LogP contribution in [0.15, 0.2) is 6.20 Å². The Morgan fingerprint density at radius 3 is 2.53 bits per heavy atom. The summed E-state index contributed by atoms with van der Waals surface area (Å²) in [5, 5.41) is -0.318. The third kappa shape index (κ3) is 2.87. The monoisotopic (exact) mass is 241 g/mol. The van der Waals surface area contributed by atoms with E-state index in [-0.39, 0.29) is 22.9 Å². The van der Waals surface area contributed by atoms with Crippen LogP contribution in [0, 0.1) is 0 Å². The zero-order chi connectivity index (χ0) is 11.6. The normalized spacial score (nSPS) is 11.5. The first kappa shape index (κ1) is 11.9. The number of aromatic nitrogens is 1. The van der Waals surface area contributed by atoms with Crippen LogP contribution in [-0.4, -0.2) is 11.3 Å². The van der Waals surface area contributed by atoms with Gasteiger partial charge in [-0.15, -0.1) is 13.2 Å². The van der Waals surface area contributed by atoms with Crippen molar-refractivity contribution < 1.29 is 17.9 Å². The van der Waals surface area contributed by atoms with Gasteiger partial charge in [0.15, 0.2) is 5.75 Å². The molecular formula is C7H7ClF3N3O. The van der Waals surface area contributed by atoms with Gasteiger partial charge in [-0.1, -0.05) is 11.6 Å². The number of rotatable bonds is 2. The number of ether oxygens (including phenoxy) is 1. The van der Waals surface area contributed by atoms with Gasteiger partial charge in [-0.25, -0.2) is 0 Å². The van der Waals surface area contributed by atoms with Crippen LogP contribution in [0.2, 0.25) is 5.02 Å². The molecule has 0 spiro atoms. The molecule has 0 fully saturated rings. The Morgan fingerprint density at radius 2 is 2.07 bits per heavy atom. The van der Waals surface area contributed by atoms with E-state index < -0.39 is 12.1 Å². The van der Waals surface area contributed by atoms with Crippen molar-refractivity contribution in [2.75, 3.05) is 5.73 Å². The van der Waals surface area contributed by atoms with E-state index in [0.29, 0.717) is 0 Å². The van der Waals surface area contributed by atoms with E-state index in [9.17, 15) is 13.2 Å². The third-order valence-electron chi connectivity index (χ3n) is 1.52. The second-order valence-corrected chi connectivity index (χ2v) is 2.95. The molecule has 84 valence electrons. The van der Waals surface area contributed by atoms with E-state index in [2.05, 4.69) is 9.72 Å². The summed E-state index contributed by atoms with van der Waals surface area (Å²) in [5.74, 6) is -0.667. The average molecular weight is 242 g/mol. The van der Waals surface area contributed by atoms with Crippen molar-refractivity contribution in [3.8, 4) is 5.75 Å². The summed E-state index contributed by atoms with van der Waals surface area (Å²) in [4.78, 5) is 3.66. The average Bonchev–Trinajstić information content (AvgIpc) is 2.11. The van der Waals surface area contributed by atoms with E-state index in [0.717, 1.165) is 6.20 Å². The molecule has 0 bridgehead atoms. The fourth-order valence-electron chi connectivity index (χ4n) is 0.905. The minimum absolute atomic E-state index is 0.0960. The third-order valence-corrected chi connectivity index (χ3v) is 1.79. The van der Waals surface area contributed by atoms with Crippen LogP contribution in [0.5, 0.6) is 5.75 Å². The Balaban J connectivity index is 3.15. The summed E-state index contributed by atoms with van der Waals surface area (Å²) in [6.07, 6.45) is -3.85. The van der Waals surface area contributed by atoms with Crippen molar-refractivity contribution in [1.29, 1.82) is 0 Å². The van der Waals surface area contributed by atoms with Crippen molar-refractivity contribution in [2.45, 2.75) is 12.9 Å². The minimum Gasteiger partial charge on any atom is -0.402 e. The molecule has 0 amide bonds. The summed E-state index contributed by atoms with van der Waals surface area (Å²) in [5.41, 5.74) is 10.4. The Kier molecular flexibility index (Phi) is 3.25. The molecule has 1 aromatic heterocycles. The number of pyridine rings is 1. The van der Waals surface area contributed by atoms with Crippen molar-refractivity contribution in [2.24, 2.45) is 5.73 Å². The maximum Gasteiger partial charge on any atom is 0.573 e. The zero-order valence-electron chi connectivity index (χ0n) is 7.31. The molecule has 0 aliphatic heterocycles. The van der Waals surface area contributed by atoms with Gasteiger partial charge in [0.05, 0.1) is 11.4 Å². The standard InChI is InChI=1S/C7H7ClF3N3O/c8-3-2-14-4(1-12)5(13)6(3)15-7(9,10)11/h2H,1,12-13H2. The van der Waals surface area contributed by atoms with E-state index in [4.69, 9.17) is 23.1 Å². The van der Waals surface area contributed by atoms with Gasteiger partial charge in [-0.3, -0.25) is 4.98 Å². The highest BCUT2D eigenvalue weighted by atomic mass is 35.5. The van der Waals surface area contributed by atoms with Gasteiger partial charge in [0.1, 0.15) is 5.02 Å². The van der Waals surface area contributed by atoms with Crippen LogP contribution in [0.4, 0.5) is 18.9 Å². The van der Waals surface area contributed by atoms with Gasteiger partial charge < -0.3 is 16.2 Å². The highest BCUT2D eigenvalue weighted by molar-refractivity contribution is 6.32. The summed E-state index contributed by atoms with van der Waals surface area (Å²) in [6.45, 7) is -0.1000. The molecule has 0 saturated carbocycles. The van der Waals surface area contributed by atoms with Crippen LogP contribution in [0.3, 0.4) is 0 Å². The van der Waals surface area contributed by atoms with Crippen LogP contribution < -0.4 is 16.2 Å². The number of anilines is 1. The molecule has 0 aromatic carbocycles. The number of alkyl halides is 3. The van der Waals surface area contributed by atoms with Crippen molar-refractivity contribution in [3.63, 3.8) is 0 Å². The minimum atomic E-state index is -4.86. The SMILES string of the molecule is NCc1ncc(Cl)c(OC(F)(F)F)c1N. The lowest BCUT2D eigenvalue weighted by Crippen LogP contribution is -2.19. The van der Waals surface area contributed by atoms with E-state index >= 15 is 0 Å². The quantitative estimate of drug-likeness (QED) is 0.826. The van der Waals surface area contributed by atoms with Crippen molar-refractivity contribution >= 4 is 17.3 Å². The number of nitrogens with two attached hydrogens (primary N) is 2. The number of nitrogen functional groups attached to an aromatic ring is 1. The van der Waals surface area contributed by atoms with Crippen LogP contribution in [0.1, 0.15) is 5.69 Å². The maximum atomic E-state index is 11.9. The molecule has 0 unspecified atom stereocenters. The Hall–Kier alpha value is -1.21. The molecule has 0 radical (unpaired) electrons. The highest BCUT2D eigenvalue weighted by Crippen LogP contribution is 2.36. The molecule has 4 N–H and O–H groups in total.